The molecule has 0 spiro atoms. The van der Waals surface area contributed by atoms with Crippen molar-refractivity contribution in [3.8, 4) is 11.8 Å². The maximum absolute atomic E-state index is 11.4. The summed E-state index contributed by atoms with van der Waals surface area (Å²) in [5.74, 6) is 4.55. The number of carbonyl (C=O) groups excluding carboxylic acids is 1. The molecule has 0 unspecified atom stereocenters. The molecule has 1 heterocycles. The number of nitrogens with one attached hydrogen (secondary N) is 2. The van der Waals surface area contributed by atoms with Crippen molar-refractivity contribution in [1.82, 2.24) is 15.1 Å². The molecule has 0 saturated heterocycles. The normalized spacial score (nSPS) is 9.17. The molecule has 96 valence electrons. The second-order valence-electron chi connectivity index (χ2n) is 3.38. The molecular formula is C11H14N4O3. The van der Waals surface area contributed by atoms with Crippen molar-refractivity contribution in [3.05, 3.63) is 12.4 Å². The summed E-state index contributed by atoms with van der Waals surface area (Å²) in [6.45, 7) is 1.95. The summed E-state index contributed by atoms with van der Waals surface area (Å²) in [6.07, 6.45) is 3.41. The van der Waals surface area contributed by atoms with Gasteiger partial charge in [0, 0.05) is 19.2 Å². The summed E-state index contributed by atoms with van der Waals surface area (Å²) < 4.78 is 1.22. The van der Waals surface area contributed by atoms with E-state index in [1.165, 1.54) is 17.1 Å². The summed E-state index contributed by atoms with van der Waals surface area (Å²) in [5.41, 5.74) is 0.440. The SMILES string of the molecule is CC#CCCNC(=O)Nc1cnn(CC(=O)O)c1. The molecule has 18 heavy (non-hydrogen) atoms. The molecule has 7 heteroatoms. The van der Waals surface area contributed by atoms with Crippen LogP contribution in [0.15, 0.2) is 12.4 Å². The molecule has 0 fully saturated rings. The maximum atomic E-state index is 11.4. The molecular weight excluding hydrogens is 236 g/mol. The summed E-state index contributed by atoms with van der Waals surface area (Å²) in [4.78, 5) is 21.8. The quantitative estimate of drug-likeness (QED) is 0.523. The fourth-order valence-electron chi connectivity index (χ4n) is 1.19. The number of urea groups is 1. The van der Waals surface area contributed by atoms with Gasteiger partial charge in [0.2, 0.25) is 0 Å². The second kappa shape index (κ2) is 6.96. The van der Waals surface area contributed by atoms with E-state index in [0.29, 0.717) is 18.7 Å². The van der Waals surface area contributed by atoms with Crippen LogP contribution in [-0.4, -0.2) is 33.4 Å². The van der Waals surface area contributed by atoms with Crippen LogP contribution in [0.25, 0.3) is 0 Å². The third-order valence-electron chi connectivity index (χ3n) is 1.90. The fraction of sp³-hybridized carbons (Fsp3) is 0.364. The Kier molecular flexibility index (Phi) is 5.25. The van der Waals surface area contributed by atoms with Gasteiger partial charge < -0.3 is 15.7 Å². The van der Waals surface area contributed by atoms with E-state index in [-0.39, 0.29) is 12.6 Å². The number of carboxylic acid groups (broad SMARTS) is 1. The molecule has 0 radical (unpaired) electrons. The van der Waals surface area contributed by atoms with E-state index < -0.39 is 5.97 Å². The van der Waals surface area contributed by atoms with Crippen LogP contribution in [0.5, 0.6) is 0 Å². The molecule has 0 saturated carbocycles. The molecule has 0 aliphatic rings. The van der Waals surface area contributed by atoms with Crippen molar-refractivity contribution in [3.63, 3.8) is 0 Å². The molecule has 0 aliphatic heterocycles. The lowest BCUT2D eigenvalue weighted by atomic mass is 10.4. The lowest BCUT2D eigenvalue weighted by Gasteiger charge is -2.03. The summed E-state index contributed by atoms with van der Waals surface area (Å²) >= 11 is 0. The van der Waals surface area contributed by atoms with Gasteiger partial charge in [-0.3, -0.25) is 9.48 Å². The second-order valence-corrected chi connectivity index (χ2v) is 3.38. The van der Waals surface area contributed by atoms with Gasteiger partial charge in [-0.1, -0.05) is 0 Å². The predicted molar refractivity (Wildman–Crippen MR) is 65.0 cm³/mol. The lowest BCUT2D eigenvalue weighted by molar-refractivity contribution is -0.137. The van der Waals surface area contributed by atoms with E-state index in [1.807, 2.05) is 0 Å². The van der Waals surface area contributed by atoms with Crippen LogP contribution in [-0.2, 0) is 11.3 Å². The fourth-order valence-corrected chi connectivity index (χ4v) is 1.19. The largest absolute Gasteiger partial charge is 0.480 e. The van der Waals surface area contributed by atoms with E-state index >= 15 is 0 Å². The van der Waals surface area contributed by atoms with Crippen LogP contribution in [0.1, 0.15) is 13.3 Å². The standard InChI is InChI=1S/C11H14N4O3/c1-2-3-4-5-12-11(18)14-9-6-13-15(7-9)8-10(16)17/h6-7H,4-5,8H2,1H3,(H,16,17)(H2,12,14,18). The molecule has 2 amide bonds. The highest BCUT2D eigenvalue weighted by molar-refractivity contribution is 5.88. The van der Waals surface area contributed by atoms with Gasteiger partial charge >= 0.3 is 12.0 Å². The molecule has 1 rings (SSSR count). The van der Waals surface area contributed by atoms with E-state index in [0.717, 1.165) is 0 Å². The first-order valence-electron chi connectivity index (χ1n) is 5.30. The van der Waals surface area contributed by atoms with Gasteiger partial charge in [-0.15, -0.1) is 11.8 Å². The average Bonchev–Trinajstić information content (AvgIpc) is 2.71. The number of rotatable bonds is 5. The smallest absolute Gasteiger partial charge is 0.325 e. The molecule has 0 aliphatic carbocycles. The van der Waals surface area contributed by atoms with Crippen LogP contribution in [0.2, 0.25) is 0 Å². The molecule has 7 nitrogen and oxygen atoms in total. The molecule has 1 aromatic rings. The number of nitrogens with zero attached hydrogens (tertiary/aromatic N) is 2. The van der Waals surface area contributed by atoms with Gasteiger partial charge in [0.25, 0.3) is 0 Å². The minimum Gasteiger partial charge on any atom is -0.480 e. The van der Waals surface area contributed by atoms with Gasteiger partial charge in [-0.25, -0.2) is 4.79 Å². The Morgan fingerprint density at radius 3 is 3.00 bits per heavy atom. The first-order chi connectivity index (χ1) is 8.61. The van der Waals surface area contributed by atoms with Crippen LogP contribution in [0, 0.1) is 11.8 Å². The Bertz CT molecular complexity index is 484. The zero-order valence-corrected chi connectivity index (χ0v) is 9.93. The highest BCUT2D eigenvalue weighted by atomic mass is 16.4. The topological polar surface area (TPSA) is 96.3 Å². The van der Waals surface area contributed by atoms with E-state index in [1.54, 1.807) is 6.92 Å². The van der Waals surface area contributed by atoms with Crippen molar-refractivity contribution >= 4 is 17.7 Å². The van der Waals surface area contributed by atoms with E-state index in [4.69, 9.17) is 5.11 Å². The Morgan fingerprint density at radius 1 is 1.56 bits per heavy atom. The van der Waals surface area contributed by atoms with Crippen molar-refractivity contribution in [2.45, 2.75) is 19.9 Å². The minimum atomic E-state index is -0.993. The van der Waals surface area contributed by atoms with Crippen LogP contribution in [0.4, 0.5) is 10.5 Å². The lowest BCUT2D eigenvalue weighted by Crippen LogP contribution is -2.29. The van der Waals surface area contributed by atoms with Gasteiger partial charge in [0.1, 0.15) is 6.54 Å². The average molecular weight is 250 g/mol. The van der Waals surface area contributed by atoms with Crippen molar-refractivity contribution in [2.75, 3.05) is 11.9 Å². The van der Waals surface area contributed by atoms with Crippen LogP contribution < -0.4 is 10.6 Å². The minimum absolute atomic E-state index is 0.241. The highest BCUT2D eigenvalue weighted by Gasteiger charge is 2.05. The predicted octanol–water partition coefficient (Wildman–Crippen LogP) is 0.503. The number of hydrogen-bond donors (Lipinski definition) is 3. The Morgan fingerprint density at radius 2 is 2.33 bits per heavy atom. The number of hydrogen-bond acceptors (Lipinski definition) is 3. The molecule has 0 aromatic carbocycles. The monoisotopic (exact) mass is 250 g/mol. The van der Waals surface area contributed by atoms with Crippen molar-refractivity contribution in [1.29, 1.82) is 0 Å². The molecule has 0 atom stereocenters. The van der Waals surface area contributed by atoms with E-state index in [9.17, 15) is 9.59 Å². The Balaban J connectivity index is 2.36. The molecule has 0 bridgehead atoms. The summed E-state index contributed by atoms with van der Waals surface area (Å²) in [5, 5.41) is 17.5. The van der Waals surface area contributed by atoms with Gasteiger partial charge in [-0.05, 0) is 6.92 Å². The third kappa shape index (κ3) is 5.03. The number of anilines is 1. The van der Waals surface area contributed by atoms with Gasteiger partial charge in [0.15, 0.2) is 0 Å². The number of carboxylic acids is 1. The highest BCUT2D eigenvalue weighted by Crippen LogP contribution is 2.03. The molecule has 1 aromatic heterocycles. The van der Waals surface area contributed by atoms with Gasteiger partial charge in [0.05, 0.1) is 11.9 Å². The van der Waals surface area contributed by atoms with Crippen LogP contribution >= 0.6 is 0 Å². The summed E-state index contributed by atoms with van der Waals surface area (Å²) in [7, 11) is 0. The number of aliphatic carboxylic acids is 1. The number of aromatic nitrogens is 2. The number of carbonyl (C=O) groups is 2. The number of amides is 2. The first kappa shape index (κ1) is 13.6. The van der Waals surface area contributed by atoms with E-state index in [2.05, 4.69) is 27.6 Å². The maximum Gasteiger partial charge on any atom is 0.325 e. The zero-order chi connectivity index (χ0) is 13.4. The van der Waals surface area contributed by atoms with Crippen molar-refractivity contribution < 1.29 is 14.7 Å². The Hall–Kier alpha value is -2.49. The summed E-state index contributed by atoms with van der Waals surface area (Å²) in [6, 6.07) is -0.372. The molecule has 3 N–H and O–H groups in total. The van der Waals surface area contributed by atoms with Gasteiger partial charge in [-0.2, -0.15) is 5.10 Å². The Labute approximate surface area is 104 Å². The van der Waals surface area contributed by atoms with Crippen molar-refractivity contribution in [2.24, 2.45) is 0 Å². The zero-order valence-electron chi connectivity index (χ0n) is 9.93. The third-order valence-corrected chi connectivity index (χ3v) is 1.90. The van der Waals surface area contributed by atoms with Crippen LogP contribution in [0.3, 0.4) is 0 Å². The first-order valence-corrected chi connectivity index (χ1v) is 5.30.